The third-order valence-corrected chi connectivity index (χ3v) is 5.26. The molecule has 7 heteroatoms. The molecule has 2 amide bonds. The van der Waals surface area contributed by atoms with Gasteiger partial charge in [0.25, 0.3) is 11.8 Å². The van der Waals surface area contributed by atoms with Crippen LogP contribution in [0.3, 0.4) is 0 Å². The Balaban J connectivity index is 1.80. The van der Waals surface area contributed by atoms with Gasteiger partial charge in [0.1, 0.15) is 12.6 Å². The Labute approximate surface area is 174 Å². The van der Waals surface area contributed by atoms with Crippen molar-refractivity contribution in [1.29, 1.82) is 0 Å². The zero-order chi connectivity index (χ0) is 21.8. The molecule has 2 atom stereocenters. The van der Waals surface area contributed by atoms with Crippen LogP contribution in [0, 0.1) is 5.92 Å². The van der Waals surface area contributed by atoms with E-state index in [0.717, 1.165) is 4.90 Å². The van der Waals surface area contributed by atoms with Crippen molar-refractivity contribution in [1.82, 2.24) is 4.90 Å². The molecule has 1 aliphatic heterocycles. The maximum atomic E-state index is 13.0. The molecule has 156 valence electrons. The standard InChI is InChI=1S/C23H23NO6/c1-4-14(2)19(24-20(25)17-10-5-6-11-18(17)21(24)26)23(28)30-13-15-8-7-9-16(12-15)22(27)29-3/h5-12,14,19H,4,13H2,1-3H3/t14-,19+/m1/s1. The lowest BCUT2D eigenvalue weighted by Crippen LogP contribution is -2.49. The number of hydrogen-bond donors (Lipinski definition) is 0. The van der Waals surface area contributed by atoms with Gasteiger partial charge in [-0.05, 0) is 35.7 Å². The molecular formula is C23H23NO6. The van der Waals surface area contributed by atoms with E-state index >= 15 is 0 Å². The molecule has 0 fully saturated rings. The number of rotatable bonds is 7. The van der Waals surface area contributed by atoms with Crippen molar-refractivity contribution in [3.63, 3.8) is 0 Å². The lowest BCUT2D eigenvalue weighted by Gasteiger charge is -2.29. The lowest BCUT2D eigenvalue weighted by atomic mass is 9.97. The number of methoxy groups -OCH3 is 1. The van der Waals surface area contributed by atoms with Gasteiger partial charge in [-0.2, -0.15) is 0 Å². The summed E-state index contributed by atoms with van der Waals surface area (Å²) in [5, 5.41) is 0. The number of nitrogens with zero attached hydrogens (tertiary/aromatic N) is 1. The molecule has 3 rings (SSSR count). The van der Waals surface area contributed by atoms with Gasteiger partial charge in [0.2, 0.25) is 0 Å². The third-order valence-electron chi connectivity index (χ3n) is 5.26. The summed E-state index contributed by atoms with van der Waals surface area (Å²) >= 11 is 0. The Morgan fingerprint density at radius 1 is 1.00 bits per heavy atom. The maximum absolute atomic E-state index is 13.0. The minimum Gasteiger partial charge on any atom is -0.465 e. The Hall–Kier alpha value is -3.48. The SMILES string of the molecule is CC[C@@H](C)[C@@H](C(=O)OCc1cccc(C(=O)OC)c1)N1C(=O)c2ccccc2C1=O. The van der Waals surface area contributed by atoms with Crippen LogP contribution in [0.15, 0.2) is 48.5 Å². The third kappa shape index (κ3) is 3.96. The summed E-state index contributed by atoms with van der Waals surface area (Å²) in [7, 11) is 1.29. The van der Waals surface area contributed by atoms with E-state index in [-0.39, 0.29) is 23.7 Å². The van der Waals surface area contributed by atoms with E-state index in [1.54, 1.807) is 55.5 Å². The van der Waals surface area contributed by atoms with Gasteiger partial charge in [0, 0.05) is 0 Å². The fourth-order valence-electron chi connectivity index (χ4n) is 3.42. The number of amides is 2. The molecule has 2 aromatic carbocycles. The van der Waals surface area contributed by atoms with Crippen molar-refractivity contribution >= 4 is 23.8 Å². The van der Waals surface area contributed by atoms with Gasteiger partial charge in [-0.25, -0.2) is 9.59 Å². The molecule has 0 bridgehead atoms. The first kappa shape index (κ1) is 21.2. The molecule has 0 unspecified atom stereocenters. The molecule has 30 heavy (non-hydrogen) atoms. The van der Waals surface area contributed by atoms with Crippen LogP contribution < -0.4 is 0 Å². The van der Waals surface area contributed by atoms with E-state index in [2.05, 4.69) is 0 Å². The quantitative estimate of drug-likeness (QED) is 0.515. The highest BCUT2D eigenvalue weighted by Crippen LogP contribution is 2.29. The maximum Gasteiger partial charge on any atom is 0.337 e. The van der Waals surface area contributed by atoms with Gasteiger partial charge in [0.15, 0.2) is 0 Å². The van der Waals surface area contributed by atoms with Gasteiger partial charge in [-0.3, -0.25) is 14.5 Å². The number of fused-ring (bicyclic) bond motifs is 1. The molecule has 0 radical (unpaired) electrons. The minimum absolute atomic E-state index is 0.0974. The highest BCUT2D eigenvalue weighted by molar-refractivity contribution is 6.22. The number of imide groups is 1. The number of ether oxygens (including phenoxy) is 2. The average molecular weight is 409 g/mol. The largest absolute Gasteiger partial charge is 0.465 e. The summed E-state index contributed by atoms with van der Waals surface area (Å²) in [5.74, 6) is -2.44. The number of carbonyl (C=O) groups is 4. The second kappa shape index (κ2) is 8.90. The average Bonchev–Trinajstić information content (AvgIpc) is 3.02. The first-order valence-corrected chi connectivity index (χ1v) is 9.69. The fourth-order valence-corrected chi connectivity index (χ4v) is 3.42. The topological polar surface area (TPSA) is 90.0 Å². The predicted octanol–water partition coefficient (Wildman–Crippen LogP) is 3.23. The summed E-state index contributed by atoms with van der Waals surface area (Å²) in [4.78, 5) is 51.3. The van der Waals surface area contributed by atoms with E-state index in [9.17, 15) is 19.2 Å². The van der Waals surface area contributed by atoms with Crippen LogP contribution in [0.25, 0.3) is 0 Å². The highest BCUT2D eigenvalue weighted by Gasteiger charge is 2.45. The van der Waals surface area contributed by atoms with Crippen LogP contribution in [0.1, 0.15) is 56.9 Å². The van der Waals surface area contributed by atoms with Gasteiger partial charge in [0.05, 0.1) is 23.8 Å². The van der Waals surface area contributed by atoms with E-state index in [1.807, 2.05) is 6.92 Å². The van der Waals surface area contributed by atoms with Crippen molar-refractivity contribution in [3.05, 3.63) is 70.8 Å². The molecule has 0 spiro atoms. The number of hydrogen-bond acceptors (Lipinski definition) is 6. The molecule has 0 saturated heterocycles. The number of benzene rings is 2. The van der Waals surface area contributed by atoms with Crippen molar-refractivity contribution < 1.29 is 28.7 Å². The Morgan fingerprint density at radius 2 is 1.63 bits per heavy atom. The molecule has 0 aromatic heterocycles. The van der Waals surface area contributed by atoms with Gasteiger partial charge in [-0.15, -0.1) is 0 Å². The van der Waals surface area contributed by atoms with Gasteiger partial charge in [-0.1, -0.05) is 44.5 Å². The second-order valence-corrected chi connectivity index (χ2v) is 7.16. The molecule has 0 aliphatic carbocycles. The number of carbonyl (C=O) groups excluding carboxylic acids is 4. The summed E-state index contributed by atoms with van der Waals surface area (Å²) in [6, 6.07) is 12.0. The van der Waals surface area contributed by atoms with Crippen LogP contribution in [0.2, 0.25) is 0 Å². The first-order valence-electron chi connectivity index (χ1n) is 9.69. The summed E-state index contributed by atoms with van der Waals surface area (Å²) in [6.07, 6.45) is 0.574. The Kier molecular flexibility index (Phi) is 6.30. The smallest absolute Gasteiger partial charge is 0.337 e. The van der Waals surface area contributed by atoms with Crippen LogP contribution >= 0.6 is 0 Å². The number of esters is 2. The van der Waals surface area contributed by atoms with Crippen molar-refractivity contribution in [3.8, 4) is 0 Å². The normalized spacial score (nSPS) is 14.8. The molecule has 0 N–H and O–H groups in total. The fraction of sp³-hybridized carbons (Fsp3) is 0.304. The lowest BCUT2D eigenvalue weighted by molar-refractivity contribution is -0.151. The molecule has 0 saturated carbocycles. The Bertz CT molecular complexity index is 964. The molecule has 7 nitrogen and oxygen atoms in total. The van der Waals surface area contributed by atoms with Crippen molar-refractivity contribution in [2.24, 2.45) is 5.92 Å². The Morgan fingerprint density at radius 3 is 2.20 bits per heavy atom. The van der Waals surface area contributed by atoms with Crippen molar-refractivity contribution in [2.45, 2.75) is 32.9 Å². The zero-order valence-electron chi connectivity index (χ0n) is 17.1. The predicted molar refractivity (Wildman–Crippen MR) is 108 cm³/mol. The van der Waals surface area contributed by atoms with E-state index < -0.39 is 29.8 Å². The first-order chi connectivity index (χ1) is 14.4. The monoisotopic (exact) mass is 409 g/mol. The van der Waals surface area contributed by atoms with E-state index in [0.29, 0.717) is 17.5 Å². The molecule has 2 aromatic rings. The summed E-state index contributed by atoms with van der Waals surface area (Å²) in [6.45, 7) is 3.58. The molecule has 1 heterocycles. The molecular weight excluding hydrogens is 386 g/mol. The van der Waals surface area contributed by atoms with Gasteiger partial charge < -0.3 is 9.47 Å². The summed E-state index contributed by atoms with van der Waals surface area (Å²) in [5.41, 5.74) is 1.50. The van der Waals surface area contributed by atoms with Gasteiger partial charge >= 0.3 is 11.9 Å². The highest BCUT2D eigenvalue weighted by atomic mass is 16.5. The zero-order valence-corrected chi connectivity index (χ0v) is 17.1. The van der Waals surface area contributed by atoms with Crippen LogP contribution in [0.4, 0.5) is 0 Å². The summed E-state index contributed by atoms with van der Waals surface area (Å²) < 4.78 is 10.1. The van der Waals surface area contributed by atoms with E-state index in [1.165, 1.54) is 7.11 Å². The van der Waals surface area contributed by atoms with E-state index in [4.69, 9.17) is 9.47 Å². The van der Waals surface area contributed by atoms with Crippen molar-refractivity contribution in [2.75, 3.05) is 7.11 Å². The molecule has 1 aliphatic rings. The van der Waals surface area contributed by atoms with Crippen LogP contribution in [0.5, 0.6) is 0 Å². The van der Waals surface area contributed by atoms with Crippen LogP contribution in [-0.2, 0) is 20.9 Å². The minimum atomic E-state index is -1.04. The second-order valence-electron chi connectivity index (χ2n) is 7.16. The van der Waals surface area contributed by atoms with Crippen LogP contribution in [-0.4, -0.2) is 41.8 Å².